The van der Waals surface area contributed by atoms with Crippen LogP contribution in [0.3, 0.4) is 0 Å². The predicted octanol–water partition coefficient (Wildman–Crippen LogP) is 7.09. The number of rotatable bonds is 15. The van der Waals surface area contributed by atoms with Gasteiger partial charge in [0, 0.05) is 30.1 Å². The van der Waals surface area contributed by atoms with Crippen molar-refractivity contribution in [3.8, 4) is 0 Å². The maximum absolute atomic E-state index is 13.9. The molecule has 0 atom stereocenters. The summed E-state index contributed by atoms with van der Waals surface area (Å²) in [5.41, 5.74) is 3.87. The third-order valence-corrected chi connectivity index (χ3v) is 8.97. The molecule has 1 aliphatic rings. The lowest BCUT2D eigenvalue weighted by molar-refractivity contribution is -0.133. The Bertz CT molecular complexity index is 1240. The summed E-state index contributed by atoms with van der Waals surface area (Å²) < 4.78 is 13.6. The largest absolute Gasteiger partial charge is 0.332 e. The van der Waals surface area contributed by atoms with E-state index in [9.17, 15) is 14.0 Å². The molecular formula is C34H44FN3O2S. The van der Waals surface area contributed by atoms with E-state index in [1.165, 1.54) is 49.8 Å². The lowest BCUT2D eigenvalue weighted by Crippen LogP contribution is -2.45. The van der Waals surface area contributed by atoms with Crippen molar-refractivity contribution >= 4 is 23.2 Å². The second kappa shape index (κ2) is 15.8. The summed E-state index contributed by atoms with van der Waals surface area (Å²) in [5.74, 6) is -0.514. The summed E-state index contributed by atoms with van der Waals surface area (Å²) in [7, 11) is 0. The number of carbonyl (C=O) groups excluding carboxylic acids is 2. The van der Waals surface area contributed by atoms with E-state index >= 15 is 0 Å². The van der Waals surface area contributed by atoms with Crippen molar-refractivity contribution in [3.05, 3.63) is 92.9 Å². The van der Waals surface area contributed by atoms with Crippen LogP contribution in [0.1, 0.15) is 77.4 Å². The molecule has 1 fully saturated rings. The van der Waals surface area contributed by atoms with Crippen LogP contribution in [-0.2, 0) is 24.3 Å². The van der Waals surface area contributed by atoms with Crippen LogP contribution in [0, 0.1) is 12.7 Å². The van der Waals surface area contributed by atoms with E-state index in [2.05, 4.69) is 30.0 Å². The lowest BCUT2D eigenvalue weighted by Gasteiger charge is -2.29. The van der Waals surface area contributed by atoms with Gasteiger partial charge in [0.1, 0.15) is 12.4 Å². The number of hydrogen-bond acceptors (Lipinski definition) is 4. The van der Waals surface area contributed by atoms with Gasteiger partial charge in [0.15, 0.2) is 0 Å². The van der Waals surface area contributed by atoms with Gasteiger partial charge < -0.3 is 14.7 Å². The van der Waals surface area contributed by atoms with Gasteiger partial charge in [0.25, 0.3) is 5.91 Å². The standard InChI is InChI=1S/C34H44FN3O2S/c1-3-4-5-6-9-28-10-14-30(15-11-28)34(40)37(22-21-36-19-7-8-20-36)26-33(39)38(25-32-27(2)18-23-41-32)24-29-12-16-31(35)17-13-29/h10-18,23H,3-9,19-22,24-26H2,1-2H3. The number of thiophene rings is 1. The number of amides is 2. The summed E-state index contributed by atoms with van der Waals surface area (Å²) in [6.07, 6.45) is 8.23. The summed E-state index contributed by atoms with van der Waals surface area (Å²) in [5, 5.41) is 2.03. The van der Waals surface area contributed by atoms with Crippen molar-refractivity contribution in [2.75, 3.05) is 32.7 Å². The number of likely N-dealkylation sites (tertiary alicyclic amines) is 1. The van der Waals surface area contributed by atoms with E-state index in [-0.39, 0.29) is 24.2 Å². The highest BCUT2D eigenvalue weighted by atomic mass is 32.1. The van der Waals surface area contributed by atoms with E-state index < -0.39 is 0 Å². The summed E-state index contributed by atoms with van der Waals surface area (Å²) in [6.45, 7) is 8.43. The van der Waals surface area contributed by atoms with Gasteiger partial charge in [0.2, 0.25) is 5.91 Å². The first-order chi connectivity index (χ1) is 19.9. The molecular weight excluding hydrogens is 533 g/mol. The van der Waals surface area contributed by atoms with E-state index in [0.29, 0.717) is 25.2 Å². The number of nitrogens with zero attached hydrogens (tertiary/aromatic N) is 3. The molecule has 41 heavy (non-hydrogen) atoms. The van der Waals surface area contributed by atoms with Crippen LogP contribution in [-0.4, -0.2) is 59.2 Å². The van der Waals surface area contributed by atoms with Gasteiger partial charge in [0.05, 0.1) is 6.54 Å². The molecule has 0 aliphatic carbocycles. The van der Waals surface area contributed by atoms with Crippen molar-refractivity contribution in [1.29, 1.82) is 0 Å². The van der Waals surface area contributed by atoms with Gasteiger partial charge >= 0.3 is 0 Å². The van der Waals surface area contributed by atoms with Crippen LogP contribution < -0.4 is 0 Å². The number of halogens is 1. The molecule has 0 spiro atoms. The molecule has 2 heterocycles. The minimum absolute atomic E-state index is 0.0110. The van der Waals surface area contributed by atoms with Gasteiger partial charge in [-0.1, -0.05) is 50.5 Å². The molecule has 220 valence electrons. The number of hydrogen-bond donors (Lipinski definition) is 0. The van der Waals surface area contributed by atoms with E-state index in [1.54, 1.807) is 33.3 Å². The Morgan fingerprint density at radius 2 is 1.59 bits per heavy atom. The number of carbonyl (C=O) groups is 2. The smallest absolute Gasteiger partial charge is 0.254 e. The molecule has 3 aromatic rings. The van der Waals surface area contributed by atoms with Gasteiger partial charge in [-0.15, -0.1) is 11.3 Å². The van der Waals surface area contributed by atoms with Crippen molar-refractivity contribution in [2.24, 2.45) is 0 Å². The third-order valence-electron chi connectivity index (χ3n) is 7.96. The highest BCUT2D eigenvalue weighted by Crippen LogP contribution is 2.20. The Labute approximate surface area is 249 Å². The topological polar surface area (TPSA) is 43.9 Å². The van der Waals surface area contributed by atoms with Gasteiger partial charge in [-0.25, -0.2) is 4.39 Å². The Balaban J connectivity index is 1.49. The molecule has 1 saturated heterocycles. The molecule has 5 nitrogen and oxygen atoms in total. The van der Waals surface area contributed by atoms with Crippen molar-refractivity contribution in [3.63, 3.8) is 0 Å². The normalized spacial score (nSPS) is 13.4. The van der Waals surface area contributed by atoms with Crippen molar-refractivity contribution < 1.29 is 14.0 Å². The summed E-state index contributed by atoms with van der Waals surface area (Å²) in [6, 6.07) is 16.3. The lowest BCUT2D eigenvalue weighted by atomic mass is 10.0. The first-order valence-electron chi connectivity index (χ1n) is 15.1. The molecule has 0 bridgehead atoms. The fourth-order valence-corrected chi connectivity index (χ4v) is 6.24. The average molecular weight is 578 g/mol. The summed E-state index contributed by atoms with van der Waals surface area (Å²) in [4.78, 5) is 34.6. The molecule has 0 N–H and O–H groups in total. The monoisotopic (exact) mass is 577 g/mol. The molecule has 0 radical (unpaired) electrons. The Morgan fingerprint density at radius 3 is 2.24 bits per heavy atom. The molecule has 1 aliphatic heterocycles. The highest BCUT2D eigenvalue weighted by Gasteiger charge is 2.25. The first kappa shape index (κ1) is 30.9. The second-order valence-electron chi connectivity index (χ2n) is 11.2. The molecule has 4 rings (SSSR count). The number of benzene rings is 2. The number of unbranched alkanes of at least 4 members (excludes halogenated alkanes) is 3. The molecule has 2 amide bonds. The summed E-state index contributed by atoms with van der Waals surface area (Å²) >= 11 is 1.63. The van der Waals surface area contributed by atoms with E-state index in [4.69, 9.17) is 0 Å². The minimum Gasteiger partial charge on any atom is -0.332 e. The van der Waals surface area contributed by atoms with Crippen LogP contribution in [0.25, 0.3) is 0 Å². The van der Waals surface area contributed by atoms with Crippen LogP contribution in [0.4, 0.5) is 4.39 Å². The third kappa shape index (κ3) is 9.50. The molecule has 2 aromatic carbocycles. The zero-order valence-electron chi connectivity index (χ0n) is 24.6. The molecule has 0 unspecified atom stereocenters. The van der Waals surface area contributed by atoms with E-state index in [0.717, 1.165) is 48.5 Å². The Morgan fingerprint density at radius 1 is 0.878 bits per heavy atom. The first-order valence-corrected chi connectivity index (χ1v) is 16.0. The zero-order valence-corrected chi connectivity index (χ0v) is 25.4. The zero-order chi connectivity index (χ0) is 29.0. The van der Waals surface area contributed by atoms with Gasteiger partial charge in [-0.3, -0.25) is 9.59 Å². The molecule has 0 saturated carbocycles. The maximum Gasteiger partial charge on any atom is 0.254 e. The SMILES string of the molecule is CCCCCCc1ccc(C(=O)N(CCN2CCCC2)CC(=O)N(Cc2ccc(F)cc2)Cc2sccc2C)cc1. The van der Waals surface area contributed by atoms with Crippen LogP contribution in [0.15, 0.2) is 60.0 Å². The van der Waals surface area contributed by atoms with Crippen LogP contribution in [0.5, 0.6) is 0 Å². The molecule has 1 aromatic heterocycles. The highest BCUT2D eigenvalue weighted by molar-refractivity contribution is 7.10. The van der Waals surface area contributed by atoms with Gasteiger partial charge in [-0.2, -0.15) is 0 Å². The second-order valence-corrected chi connectivity index (χ2v) is 12.2. The van der Waals surface area contributed by atoms with Crippen LogP contribution >= 0.6 is 11.3 Å². The predicted molar refractivity (Wildman–Crippen MR) is 166 cm³/mol. The van der Waals surface area contributed by atoms with Crippen LogP contribution in [0.2, 0.25) is 0 Å². The van der Waals surface area contributed by atoms with Crippen molar-refractivity contribution in [1.82, 2.24) is 14.7 Å². The van der Waals surface area contributed by atoms with Gasteiger partial charge in [-0.05, 0) is 98.1 Å². The molecule has 7 heteroatoms. The van der Waals surface area contributed by atoms with E-state index in [1.807, 2.05) is 24.4 Å². The quantitative estimate of drug-likeness (QED) is 0.181. The average Bonchev–Trinajstić information content (AvgIpc) is 3.65. The fraction of sp³-hybridized carbons (Fsp3) is 0.471. The fourth-order valence-electron chi connectivity index (χ4n) is 5.32. The van der Waals surface area contributed by atoms with Crippen molar-refractivity contribution in [2.45, 2.75) is 71.9 Å². The maximum atomic E-state index is 13.9. The number of aryl methyl sites for hydroxylation is 2. The Hall–Kier alpha value is -3.03. The minimum atomic E-state index is -0.300. The Kier molecular flexibility index (Phi) is 11.9.